The number of aromatic nitrogens is 1. The third-order valence-corrected chi connectivity index (χ3v) is 2.76. The lowest BCUT2D eigenvalue weighted by atomic mass is 10.2. The van der Waals surface area contributed by atoms with Gasteiger partial charge in [-0.15, -0.1) is 0 Å². The zero-order valence-corrected chi connectivity index (χ0v) is 11.3. The number of rotatable bonds is 6. The van der Waals surface area contributed by atoms with Crippen LogP contribution < -0.4 is 5.32 Å². The fourth-order valence-electron chi connectivity index (χ4n) is 1.60. The first kappa shape index (κ1) is 15.2. The summed E-state index contributed by atoms with van der Waals surface area (Å²) in [5.74, 6) is -0.427. The van der Waals surface area contributed by atoms with E-state index < -0.39 is 4.92 Å². The van der Waals surface area contributed by atoms with Crippen LogP contribution in [0.1, 0.15) is 37.3 Å². The van der Waals surface area contributed by atoms with Gasteiger partial charge in [-0.25, -0.2) is 0 Å². The summed E-state index contributed by atoms with van der Waals surface area (Å²) < 4.78 is 1.57. The Kier molecular flexibility index (Phi) is 5.05. The Morgan fingerprint density at radius 3 is 2.63 bits per heavy atom. The van der Waals surface area contributed by atoms with E-state index in [0.717, 1.165) is 0 Å². The molecule has 1 unspecified atom stereocenters. The number of carbonyl (C=O) groups excluding carboxylic acids is 1. The molecule has 0 aliphatic heterocycles. The third kappa shape index (κ3) is 3.78. The van der Waals surface area contributed by atoms with Crippen molar-refractivity contribution in [1.82, 2.24) is 9.88 Å². The standard InChI is InChI=1S/C12H19N3O4/c1-8(2)14-6-10(15(18)19)4-11(14)12(17)13-5-9(3)7-16/h4,6,8-9,16H,5,7H2,1-3H3,(H,13,17). The molecule has 0 radical (unpaired) electrons. The fraction of sp³-hybridized carbons (Fsp3) is 0.583. The molecule has 1 aromatic rings. The SMILES string of the molecule is CC(CO)CNC(=O)c1cc([N+](=O)[O-])cn1C(C)C. The van der Waals surface area contributed by atoms with Crippen molar-refractivity contribution in [3.05, 3.63) is 28.1 Å². The zero-order valence-electron chi connectivity index (χ0n) is 11.3. The number of hydrogen-bond donors (Lipinski definition) is 2. The van der Waals surface area contributed by atoms with E-state index in [1.807, 2.05) is 13.8 Å². The quantitative estimate of drug-likeness (QED) is 0.601. The summed E-state index contributed by atoms with van der Waals surface area (Å²) in [5.41, 5.74) is 0.154. The maximum atomic E-state index is 12.0. The summed E-state index contributed by atoms with van der Waals surface area (Å²) in [6.45, 7) is 5.79. The molecule has 1 rings (SSSR count). The smallest absolute Gasteiger partial charge is 0.287 e. The van der Waals surface area contributed by atoms with Crippen LogP contribution in [0.5, 0.6) is 0 Å². The summed E-state index contributed by atoms with van der Waals surface area (Å²) in [7, 11) is 0. The van der Waals surface area contributed by atoms with Crippen molar-refractivity contribution in [2.75, 3.05) is 13.2 Å². The van der Waals surface area contributed by atoms with Crippen molar-refractivity contribution in [2.24, 2.45) is 5.92 Å². The van der Waals surface area contributed by atoms with Gasteiger partial charge in [0.25, 0.3) is 11.6 Å². The number of hydrogen-bond acceptors (Lipinski definition) is 4. The molecule has 0 aliphatic carbocycles. The van der Waals surface area contributed by atoms with Crippen molar-refractivity contribution >= 4 is 11.6 Å². The van der Waals surface area contributed by atoms with E-state index in [1.165, 1.54) is 12.3 Å². The maximum absolute atomic E-state index is 12.0. The molecule has 0 spiro atoms. The summed E-state index contributed by atoms with van der Waals surface area (Å²) >= 11 is 0. The van der Waals surface area contributed by atoms with Gasteiger partial charge in [0, 0.05) is 25.3 Å². The number of carbonyl (C=O) groups is 1. The lowest BCUT2D eigenvalue weighted by Gasteiger charge is -2.13. The average molecular weight is 269 g/mol. The van der Waals surface area contributed by atoms with Gasteiger partial charge in [-0.05, 0) is 19.8 Å². The van der Waals surface area contributed by atoms with Crippen molar-refractivity contribution < 1.29 is 14.8 Å². The fourth-order valence-corrected chi connectivity index (χ4v) is 1.60. The molecule has 7 nitrogen and oxygen atoms in total. The number of aliphatic hydroxyl groups is 1. The highest BCUT2D eigenvalue weighted by Crippen LogP contribution is 2.20. The molecule has 0 saturated heterocycles. The summed E-state index contributed by atoms with van der Waals surface area (Å²) in [6.07, 6.45) is 1.36. The number of amides is 1. The van der Waals surface area contributed by atoms with E-state index in [4.69, 9.17) is 5.11 Å². The van der Waals surface area contributed by atoms with Gasteiger partial charge in [0.2, 0.25) is 0 Å². The lowest BCUT2D eigenvalue weighted by Crippen LogP contribution is -2.31. The largest absolute Gasteiger partial charge is 0.396 e. The molecule has 1 amide bonds. The van der Waals surface area contributed by atoms with Gasteiger partial charge in [0.05, 0.1) is 11.1 Å². The van der Waals surface area contributed by atoms with Crippen LogP contribution in [0.25, 0.3) is 0 Å². The van der Waals surface area contributed by atoms with E-state index in [2.05, 4.69) is 5.32 Å². The predicted octanol–water partition coefficient (Wildman–Crippen LogP) is 1.34. The third-order valence-electron chi connectivity index (χ3n) is 2.76. The van der Waals surface area contributed by atoms with Gasteiger partial charge >= 0.3 is 0 Å². The highest BCUT2D eigenvalue weighted by Gasteiger charge is 2.20. The summed E-state index contributed by atoms with van der Waals surface area (Å²) in [4.78, 5) is 22.2. The normalized spacial score (nSPS) is 12.5. The molecular formula is C12H19N3O4. The topological polar surface area (TPSA) is 97.4 Å². The minimum atomic E-state index is -0.522. The second kappa shape index (κ2) is 6.33. The minimum Gasteiger partial charge on any atom is -0.396 e. The van der Waals surface area contributed by atoms with Crippen LogP contribution in [0.2, 0.25) is 0 Å². The van der Waals surface area contributed by atoms with Gasteiger partial charge in [0.15, 0.2) is 0 Å². The van der Waals surface area contributed by atoms with Gasteiger partial charge in [-0.1, -0.05) is 6.92 Å². The van der Waals surface area contributed by atoms with Crippen LogP contribution in [0, 0.1) is 16.0 Å². The molecule has 7 heteroatoms. The molecule has 0 bridgehead atoms. The lowest BCUT2D eigenvalue weighted by molar-refractivity contribution is -0.384. The number of nitrogens with one attached hydrogen (secondary N) is 1. The van der Waals surface area contributed by atoms with Gasteiger partial charge in [0.1, 0.15) is 5.69 Å². The Balaban J connectivity index is 2.91. The van der Waals surface area contributed by atoms with Crippen LogP contribution in [-0.4, -0.2) is 33.7 Å². The van der Waals surface area contributed by atoms with E-state index in [9.17, 15) is 14.9 Å². The van der Waals surface area contributed by atoms with Gasteiger partial charge < -0.3 is 15.0 Å². The molecule has 0 aliphatic rings. The maximum Gasteiger partial charge on any atom is 0.287 e. The predicted molar refractivity (Wildman–Crippen MR) is 70.1 cm³/mol. The monoisotopic (exact) mass is 269 g/mol. The van der Waals surface area contributed by atoms with E-state index in [1.54, 1.807) is 11.5 Å². The van der Waals surface area contributed by atoms with Crippen LogP contribution >= 0.6 is 0 Å². The van der Waals surface area contributed by atoms with E-state index in [-0.39, 0.29) is 35.9 Å². The van der Waals surface area contributed by atoms with Crippen LogP contribution in [-0.2, 0) is 0 Å². The number of aliphatic hydroxyl groups excluding tert-OH is 1. The Labute approximate surface area is 111 Å². The average Bonchev–Trinajstić information content (AvgIpc) is 2.80. The molecular weight excluding hydrogens is 250 g/mol. The van der Waals surface area contributed by atoms with Crippen LogP contribution in [0.3, 0.4) is 0 Å². The Morgan fingerprint density at radius 1 is 1.53 bits per heavy atom. The highest BCUT2D eigenvalue weighted by atomic mass is 16.6. The summed E-state index contributed by atoms with van der Waals surface area (Å²) in [5, 5.41) is 22.3. The Bertz CT molecular complexity index is 468. The molecule has 2 N–H and O–H groups in total. The first-order chi connectivity index (χ1) is 8.86. The first-order valence-corrected chi connectivity index (χ1v) is 6.12. The van der Waals surface area contributed by atoms with E-state index >= 15 is 0 Å². The number of nitro groups is 1. The van der Waals surface area contributed by atoms with Crippen LogP contribution in [0.15, 0.2) is 12.3 Å². The molecule has 0 fully saturated rings. The molecule has 106 valence electrons. The first-order valence-electron chi connectivity index (χ1n) is 6.12. The van der Waals surface area contributed by atoms with Gasteiger partial charge in [-0.3, -0.25) is 14.9 Å². The molecule has 0 saturated carbocycles. The van der Waals surface area contributed by atoms with Gasteiger partial charge in [-0.2, -0.15) is 0 Å². The van der Waals surface area contributed by atoms with Crippen LogP contribution in [0.4, 0.5) is 5.69 Å². The van der Waals surface area contributed by atoms with Crippen molar-refractivity contribution in [3.8, 4) is 0 Å². The molecule has 19 heavy (non-hydrogen) atoms. The molecule has 1 aromatic heterocycles. The van der Waals surface area contributed by atoms with Crippen molar-refractivity contribution in [2.45, 2.75) is 26.8 Å². The molecule has 1 heterocycles. The zero-order chi connectivity index (χ0) is 14.6. The number of nitrogens with zero attached hydrogens (tertiary/aromatic N) is 2. The highest BCUT2D eigenvalue weighted by molar-refractivity contribution is 5.93. The molecule has 0 aromatic carbocycles. The van der Waals surface area contributed by atoms with Crippen molar-refractivity contribution in [1.29, 1.82) is 0 Å². The van der Waals surface area contributed by atoms with E-state index in [0.29, 0.717) is 6.54 Å². The minimum absolute atomic E-state index is 0.0222. The van der Waals surface area contributed by atoms with Crippen molar-refractivity contribution in [3.63, 3.8) is 0 Å². The summed E-state index contributed by atoms with van der Waals surface area (Å²) in [6, 6.07) is 1.21. The Morgan fingerprint density at radius 2 is 2.16 bits per heavy atom. The second-order valence-electron chi connectivity index (χ2n) is 4.84. The molecule has 1 atom stereocenters. The second-order valence-corrected chi connectivity index (χ2v) is 4.84. The Hall–Kier alpha value is -1.89.